The minimum Gasteiger partial charge on any atom is -0.378 e. The van der Waals surface area contributed by atoms with E-state index in [2.05, 4.69) is 40.6 Å². The van der Waals surface area contributed by atoms with Gasteiger partial charge in [-0.3, -0.25) is 0 Å². The Morgan fingerprint density at radius 2 is 1.95 bits per heavy atom. The highest BCUT2D eigenvalue weighted by Gasteiger charge is 2.28. The van der Waals surface area contributed by atoms with Gasteiger partial charge in [0, 0.05) is 51.4 Å². The predicted octanol–water partition coefficient (Wildman–Crippen LogP) is 3.53. The van der Waals surface area contributed by atoms with E-state index in [1.165, 1.54) is 12.5 Å². The molecule has 40 heavy (non-hydrogen) atoms. The number of halogens is 6. The zero-order chi connectivity index (χ0) is 29.2. The lowest BCUT2D eigenvalue weighted by Crippen LogP contribution is -2.50. The normalized spacial score (nSPS) is 16.2. The zero-order valence-corrected chi connectivity index (χ0v) is 21.7. The molecule has 1 atom stereocenters. The Morgan fingerprint density at radius 1 is 1.15 bits per heavy atom. The van der Waals surface area contributed by atoms with Gasteiger partial charge in [-0.25, -0.2) is 15.0 Å². The molecule has 1 unspecified atom stereocenters. The molecule has 1 saturated heterocycles. The van der Waals surface area contributed by atoms with Crippen LogP contribution >= 0.6 is 0 Å². The highest BCUT2D eigenvalue weighted by atomic mass is 19.4. The average molecular weight is 580 g/mol. The van der Waals surface area contributed by atoms with E-state index < -0.39 is 25.4 Å². The van der Waals surface area contributed by atoms with E-state index >= 15 is 0 Å². The van der Waals surface area contributed by atoms with Crippen LogP contribution in [0.2, 0.25) is 0 Å². The molecule has 2 aromatic heterocycles. The number of anilines is 4. The number of aromatic nitrogens is 4. The van der Waals surface area contributed by atoms with Crippen molar-refractivity contribution in [2.24, 2.45) is 0 Å². The average Bonchev–Trinajstić information content (AvgIpc) is 2.88. The van der Waals surface area contributed by atoms with Crippen LogP contribution in [0.5, 0.6) is 0 Å². The number of hydrogen-bond donors (Lipinski definition) is 4. The monoisotopic (exact) mass is 579 g/mol. The van der Waals surface area contributed by atoms with Crippen molar-refractivity contribution in [2.45, 2.75) is 38.2 Å². The van der Waals surface area contributed by atoms with Crippen LogP contribution in [0.3, 0.4) is 0 Å². The van der Waals surface area contributed by atoms with Gasteiger partial charge in [-0.2, -0.15) is 31.3 Å². The molecule has 3 heterocycles. The van der Waals surface area contributed by atoms with Gasteiger partial charge in [0.2, 0.25) is 5.95 Å². The quantitative estimate of drug-likeness (QED) is 0.150. The molecule has 0 bridgehead atoms. The van der Waals surface area contributed by atoms with E-state index in [0.717, 1.165) is 0 Å². The number of rotatable bonds is 14. The molecule has 1 aliphatic heterocycles. The van der Waals surface area contributed by atoms with E-state index in [4.69, 9.17) is 10.1 Å². The van der Waals surface area contributed by atoms with Gasteiger partial charge in [0.1, 0.15) is 30.1 Å². The summed E-state index contributed by atoms with van der Waals surface area (Å²) in [6.45, 7) is 1.37. The maximum atomic E-state index is 12.5. The second kappa shape index (κ2) is 14.4. The van der Waals surface area contributed by atoms with Crippen LogP contribution in [0, 0.1) is 5.41 Å². The molecule has 4 N–H and O–H groups in total. The number of hydrogen-bond acceptors (Lipinski definition) is 11. The fourth-order valence-electron chi connectivity index (χ4n) is 3.72. The van der Waals surface area contributed by atoms with Gasteiger partial charge in [-0.1, -0.05) is 0 Å². The first kappa shape index (κ1) is 31.2. The minimum absolute atomic E-state index is 0.0689. The number of alkyl halides is 6. The summed E-state index contributed by atoms with van der Waals surface area (Å²) in [4.78, 5) is 19.1. The summed E-state index contributed by atoms with van der Waals surface area (Å²) in [6.07, 6.45) is -7.29. The third-order valence-corrected chi connectivity index (χ3v) is 5.47. The van der Waals surface area contributed by atoms with Crippen molar-refractivity contribution < 1.29 is 35.8 Å². The smallest absolute Gasteiger partial charge is 0.378 e. The second-order valence-corrected chi connectivity index (χ2v) is 8.96. The molecule has 0 aliphatic carbocycles. The first-order chi connectivity index (χ1) is 18.9. The van der Waals surface area contributed by atoms with Crippen molar-refractivity contribution in [1.82, 2.24) is 25.3 Å². The first-order valence-electron chi connectivity index (χ1n) is 12.5. The minimum atomic E-state index is -4.48. The highest BCUT2D eigenvalue weighted by molar-refractivity contribution is 6.04. The molecule has 0 amide bonds. The fourth-order valence-corrected chi connectivity index (χ4v) is 3.72. The SMILES string of the molecule is CC1CN(c2nc(Nc3ccncn3)c(NCCOCC(F)(F)F)c(C(=N)COCCCC(F)(F)F)n2)CCN1. The van der Waals surface area contributed by atoms with Crippen LogP contribution in [0.15, 0.2) is 18.6 Å². The molecule has 2 aromatic rings. The Kier molecular flexibility index (Phi) is 11.2. The number of ether oxygens (including phenoxy) is 2. The summed E-state index contributed by atoms with van der Waals surface area (Å²) < 4.78 is 84.7. The molecular weight excluding hydrogens is 548 g/mol. The molecule has 0 saturated carbocycles. The van der Waals surface area contributed by atoms with Crippen LogP contribution in [-0.2, 0) is 9.47 Å². The number of nitrogens with one attached hydrogen (secondary N) is 4. The Bertz CT molecular complexity index is 1090. The summed E-state index contributed by atoms with van der Waals surface area (Å²) >= 11 is 0. The predicted molar refractivity (Wildman–Crippen MR) is 135 cm³/mol. The maximum absolute atomic E-state index is 12.5. The van der Waals surface area contributed by atoms with Gasteiger partial charge in [-0.05, 0) is 19.4 Å². The van der Waals surface area contributed by atoms with Crippen molar-refractivity contribution in [3.05, 3.63) is 24.3 Å². The zero-order valence-electron chi connectivity index (χ0n) is 21.7. The topological polar surface area (TPSA) is 133 Å². The standard InChI is InChI=1S/C23H31F6N9O2/c1-15-11-38(8-6-32-15)21-36-18(16(30)12-39-9-2-4-22(24,25)26)19(33-7-10-40-13-23(27,28)29)20(37-21)35-17-3-5-31-14-34-17/h3,5,14-15,30,32-33H,2,4,6-13H2,1H3,(H,31,34,35,36,37). The van der Waals surface area contributed by atoms with Crippen molar-refractivity contribution in [3.8, 4) is 0 Å². The van der Waals surface area contributed by atoms with Crippen LogP contribution in [-0.4, -0.2) is 96.6 Å². The lowest BCUT2D eigenvalue weighted by Gasteiger charge is -2.32. The molecule has 0 radical (unpaired) electrons. The van der Waals surface area contributed by atoms with Gasteiger partial charge in [0.15, 0.2) is 5.82 Å². The van der Waals surface area contributed by atoms with E-state index in [1.54, 1.807) is 6.07 Å². The Labute approximate surface area is 226 Å². The third kappa shape index (κ3) is 10.7. The summed E-state index contributed by atoms with van der Waals surface area (Å²) in [7, 11) is 0. The summed E-state index contributed by atoms with van der Waals surface area (Å²) in [5.41, 5.74) is 0.0766. The Hall–Kier alpha value is -3.31. The third-order valence-electron chi connectivity index (χ3n) is 5.47. The first-order valence-corrected chi connectivity index (χ1v) is 12.5. The fraction of sp³-hybridized carbons (Fsp3) is 0.609. The summed E-state index contributed by atoms with van der Waals surface area (Å²) in [5, 5.41) is 17.9. The second-order valence-electron chi connectivity index (χ2n) is 8.96. The van der Waals surface area contributed by atoms with E-state index in [0.29, 0.717) is 25.5 Å². The van der Waals surface area contributed by atoms with Crippen LogP contribution in [0.25, 0.3) is 0 Å². The maximum Gasteiger partial charge on any atom is 0.411 e. The van der Waals surface area contributed by atoms with Gasteiger partial charge in [-0.15, -0.1) is 0 Å². The van der Waals surface area contributed by atoms with E-state index in [-0.39, 0.29) is 67.7 Å². The number of piperazine rings is 1. The molecule has 222 valence electrons. The molecule has 11 nitrogen and oxygen atoms in total. The van der Waals surface area contributed by atoms with Gasteiger partial charge < -0.3 is 35.7 Å². The molecule has 1 fully saturated rings. The summed E-state index contributed by atoms with van der Waals surface area (Å²) in [6, 6.07) is 1.69. The van der Waals surface area contributed by atoms with Gasteiger partial charge in [0.25, 0.3) is 0 Å². The molecule has 3 rings (SSSR count). The molecule has 0 spiro atoms. The van der Waals surface area contributed by atoms with Crippen molar-refractivity contribution in [3.63, 3.8) is 0 Å². The molecule has 0 aromatic carbocycles. The lowest BCUT2D eigenvalue weighted by atomic mass is 10.2. The number of nitrogens with zero attached hydrogens (tertiary/aromatic N) is 5. The molecule has 17 heteroatoms. The Balaban J connectivity index is 1.88. The highest BCUT2D eigenvalue weighted by Crippen LogP contribution is 2.29. The Morgan fingerprint density at radius 3 is 2.62 bits per heavy atom. The van der Waals surface area contributed by atoms with Crippen LogP contribution in [0.4, 0.5) is 49.6 Å². The lowest BCUT2D eigenvalue weighted by molar-refractivity contribution is -0.172. The van der Waals surface area contributed by atoms with Gasteiger partial charge >= 0.3 is 12.4 Å². The van der Waals surface area contributed by atoms with Crippen LogP contribution < -0.4 is 20.9 Å². The molecular formula is C23H31F6N9O2. The van der Waals surface area contributed by atoms with Crippen molar-refractivity contribution in [2.75, 3.05) is 68.1 Å². The van der Waals surface area contributed by atoms with E-state index in [9.17, 15) is 26.3 Å². The largest absolute Gasteiger partial charge is 0.411 e. The van der Waals surface area contributed by atoms with Gasteiger partial charge in [0.05, 0.1) is 18.9 Å². The molecule has 1 aliphatic rings. The summed E-state index contributed by atoms with van der Waals surface area (Å²) in [5.74, 6) is 0.814. The van der Waals surface area contributed by atoms with Crippen LogP contribution in [0.1, 0.15) is 25.5 Å². The van der Waals surface area contributed by atoms with Crippen molar-refractivity contribution >= 4 is 29.0 Å². The van der Waals surface area contributed by atoms with E-state index in [1.807, 2.05) is 11.8 Å². The van der Waals surface area contributed by atoms with Crippen molar-refractivity contribution in [1.29, 1.82) is 5.41 Å².